The minimum absolute atomic E-state index is 0.118. The summed E-state index contributed by atoms with van der Waals surface area (Å²) in [6.45, 7) is 2.28. The van der Waals surface area contributed by atoms with Crippen molar-refractivity contribution in [2.75, 3.05) is 0 Å². The van der Waals surface area contributed by atoms with Crippen LogP contribution in [0.3, 0.4) is 0 Å². The van der Waals surface area contributed by atoms with Gasteiger partial charge in [-0.15, -0.1) is 0 Å². The smallest absolute Gasteiger partial charge is 0.141 e. The molecule has 0 bridgehead atoms. The summed E-state index contributed by atoms with van der Waals surface area (Å²) in [6.07, 6.45) is 11.2. The lowest BCUT2D eigenvalue weighted by atomic mass is 9.77. The van der Waals surface area contributed by atoms with Gasteiger partial charge in [0.25, 0.3) is 0 Å². The Morgan fingerprint density at radius 3 is 2.26 bits per heavy atom. The molecule has 2 aromatic carbocycles. The quantitative estimate of drug-likeness (QED) is 0.522. The largest absolute Gasteiger partial charge is 0.206 e. The standard InChI is InChI=1S/C25H30FN/c1-2-3-4-19-7-12-22(13-8-19)23-14-9-20(10-15-23)5-6-21-11-16-24(18-27)25(26)17-21/h9-11,14-17,19,22H,2-8,12-13H2,1H3. The summed E-state index contributed by atoms with van der Waals surface area (Å²) < 4.78 is 13.7. The average molecular weight is 364 g/mol. The van der Waals surface area contributed by atoms with Crippen LogP contribution in [0.2, 0.25) is 0 Å². The molecule has 142 valence electrons. The van der Waals surface area contributed by atoms with Crippen LogP contribution in [0.4, 0.5) is 4.39 Å². The lowest BCUT2D eigenvalue weighted by Gasteiger charge is -2.29. The Labute approximate surface area is 163 Å². The van der Waals surface area contributed by atoms with Crippen LogP contribution in [0.1, 0.15) is 80.0 Å². The van der Waals surface area contributed by atoms with Crippen molar-refractivity contribution in [2.45, 2.75) is 70.6 Å². The van der Waals surface area contributed by atoms with E-state index in [4.69, 9.17) is 5.26 Å². The fraction of sp³-hybridized carbons (Fsp3) is 0.480. The molecule has 0 aromatic heterocycles. The molecule has 0 aliphatic heterocycles. The van der Waals surface area contributed by atoms with E-state index in [0.717, 1.165) is 30.2 Å². The monoisotopic (exact) mass is 363 g/mol. The normalized spacial score (nSPS) is 19.6. The number of aryl methyl sites for hydroxylation is 2. The first-order chi connectivity index (χ1) is 13.2. The van der Waals surface area contributed by atoms with Gasteiger partial charge in [0.05, 0.1) is 5.56 Å². The molecule has 1 saturated carbocycles. The molecule has 0 radical (unpaired) electrons. The van der Waals surface area contributed by atoms with Gasteiger partial charge in [0, 0.05) is 0 Å². The van der Waals surface area contributed by atoms with Gasteiger partial charge in [0.2, 0.25) is 0 Å². The maximum Gasteiger partial charge on any atom is 0.141 e. The molecule has 0 saturated heterocycles. The Morgan fingerprint density at radius 2 is 1.63 bits per heavy atom. The predicted octanol–water partition coefficient (Wildman–Crippen LogP) is 6.95. The molecule has 0 N–H and O–H groups in total. The Bertz CT molecular complexity index is 764. The third-order valence-electron chi connectivity index (χ3n) is 6.12. The van der Waals surface area contributed by atoms with Gasteiger partial charge >= 0.3 is 0 Å². The fourth-order valence-electron chi connectivity index (χ4n) is 4.33. The Kier molecular flexibility index (Phi) is 7.04. The van der Waals surface area contributed by atoms with E-state index in [0.29, 0.717) is 0 Å². The zero-order valence-corrected chi connectivity index (χ0v) is 16.4. The van der Waals surface area contributed by atoms with E-state index in [1.807, 2.05) is 12.1 Å². The molecular weight excluding hydrogens is 333 g/mol. The van der Waals surface area contributed by atoms with Crippen molar-refractivity contribution in [2.24, 2.45) is 5.92 Å². The lowest BCUT2D eigenvalue weighted by Crippen LogP contribution is -2.13. The fourth-order valence-corrected chi connectivity index (χ4v) is 4.33. The summed E-state index contributed by atoms with van der Waals surface area (Å²) >= 11 is 0. The summed E-state index contributed by atoms with van der Waals surface area (Å²) in [7, 11) is 0. The van der Waals surface area contributed by atoms with Gasteiger partial charge in [0.1, 0.15) is 11.9 Å². The first-order valence-electron chi connectivity index (χ1n) is 10.5. The molecule has 0 spiro atoms. The molecule has 0 heterocycles. The van der Waals surface area contributed by atoms with Crippen LogP contribution in [0, 0.1) is 23.1 Å². The van der Waals surface area contributed by atoms with Crippen LogP contribution in [0.5, 0.6) is 0 Å². The minimum Gasteiger partial charge on any atom is -0.206 e. The van der Waals surface area contributed by atoms with Crippen LogP contribution in [-0.4, -0.2) is 0 Å². The molecule has 1 aliphatic carbocycles. The van der Waals surface area contributed by atoms with Crippen LogP contribution >= 0.6 is 0 Å². The topological polar surface area (TPSA) is 23.8 Å². The summed E-state index contributed by atoms with van der Waals surface area (Å²) in [5, 5.41) is 8.81. The number of rotatable bonds is 7. The first kappa shape index (κ1) is 19.6. The van der Waals surface area contributed by atoms with E-state index < -0.39 is 5.82 Å². The second-order valence-electron chi connectivity index (χ2n) is 8.03. The minimum atomic E-state index is -0.417. The third kappa shape index (κ3) is 5.42. The van der Waals surface area contributed by atoms with Crippen LogP contribution in [0.15, 0.2) is 42.5 Å². The number of unbranched alkanes of at least 4 members (excludes halogenated alkanes) is 1. The number of nitriles is 1. The van der Waals surface area contributed by atoms with Crippen LogP contribution < -0.4 is 0 Å². The molecule has 2 aromatic rings. The molecule has 0 amide bonds. The number of halogens is 1. The van der Waals surface area contributed by atoms with E-state index in [9.17, 15) is 4.39 Å². The van der Waals surface area contributed by atoms with Crippen molar-refractivity contribution in [3.63, 3.8) is 0 Å². The Morgan fingerprint density at radius 1 is 0.963 bits per heavy atom. The summed E-state index contributed by atoms with van der Waals surface area (Å²) in [5.74, 6) is 1.26. The van der Waals surface area contributed by atoms with E-state index in [1.165, 1.54) is 62.1 Å². The summed E-state index contributed by atoms with van der Waals surface area (Å²) in [4.78, 5) is 0. The maximum atomic E-state index is 13.7. The molecule has 1 aliphatic rings. The molecule has 2 heteroatoms. The van der Waals surface area contributed by atoms with Gasteiger partial charge in [-0.2, -0.15) is 5.26 Å². The highest BCUT2D eigenvalue weighted by molar-refractivity contribution is 5.34. The SMILES string of the molecule is CCCCC1CCC(c2ccc(CCc3ccc(C#N)c(F)c3)cc2)CC1. The zero-order chi connectivity index (χ0) is 19.1. The molecule has 1 fully saturated rings. The number of nitrogens with zero attached hydrogens (tertiary/aromatic N) is 1. The van der Waals surface area contributed by atoms with Crippen molar-refractivity contribution < 1.29 is 4.39 Å². The zero-order valence-electron chi connectivity index (χ0n) is 16.4. The summed E-state index contributed by atoms with van der Waals surface area (Å²) in [5.41, 5.74) is 3.84. The number of hydrogen-bond acceptors (Lipinski definition) is 1. The average Bonchev–Trinajstić information content (AvgIpc) is 2.71. The van der Waals surface area contributed by atoms with Gasteiger partial charge in [0.15, 0.2) is 0 Å². The molecule has 0 unspecified atom stereocenters. The van der Waals surface area contributed by atoms with Crippen molar-refractivity contribution in [1.29, 1.82) is 5.26 Å². The molecular formula is C25H30FN. The summed E-state index contributed by atoms with van der Waals surface area (Å²) in [6, 6.07) is 15.9. The molecule has 0 atom stereocenters. The van der Waals surface area contributed by atoms with Crippen molar-refractivity contribution >= 4 is 0 Å². The van der Waals surface area contributed by atoms with Crippen molar-refractivity contribution in [1.82, 2.24) is 0 Å². The Hall–Kier alpha value is -2.14. The second-order valence-corrected chi connectivity index (χ2v) is 8.03. The molecule has 27 heavy (non-hydrogen) atoms. The van der Waals surface area contributed by atoms with E-state index >= 15 is 0 Å². The molecule has 3 rings (SSSR count). The van der Waals surface area contributed by atoms with Crippen molar-refractivity contribution in [3.05, 3.63) is 70.5 Å². The van der Waals surface area contributed by atoms with Gasteiger partial charge in [-0.25, -0.2) is 4.39 Å². The van der Waals surface area contributed by atoms with Gasteiger partial charge in [-0.05, 0) is 79.2 Å². The van der Waals surface area contributed by atoms with E-state index in [1.54, 1.807) is 6.07 Å². The highest BCUT2D eigenvalue weighted by atomic mass is 19.1. The number of hydrogen-bond donors (Lipinski definition) is 0. The Balaban J connectivity index is 1.51. The van der Waals surface area contributed by atoms with E-state index in [-0.39, 0.29) is 5.56 Å². The second kappa shape index (κ2) is 9.70. The van der Waals surface area contributed by atoms with Crippen LogP contribution in [0.25, 0.3) is 0 Å². The van der Waals surface area contributed by atoms with Crippen LogP contribution in [-0.2, 0) is 12.8 Å². The van der Waals surface area contributed by atoms with Gasteiger partial charge in [-0.3, -0.25) is 0 Å². The molecule has 1 nitrogen and oxygen atoms in total. The number of benzene rings is 2. The third-order valence-corrected chi connectivity index (χ3v) is 6.12. The predicted molar refractivity (Wildman–Crippen MR) is 109 cm³/mol. The highest BCUT2D eigenvalue weighted by Gasteiger charge is 2.21. The maximum absolute atomic E-state index is 13.7. The highest BCUT2D eigenvalue weighted by Crippen LogP contribution is 2.37. The van der Waals surface area contributed by atoms with Crippen molar-refractivity contribution in [3.8, 4) is 6.07 Å². The van der Waals surface area contributed by atoms with Gasteiger partial charge in [-0.1, -0.05) is 56.5 Å². The van der Waals surface area contributed by atoms with Gasteiger partial charge < -0.3 is 0 Å². The first-order valence-corrected chi connectivity index (χ1v) is 10.5. The van der Waals surface area contributed by atoms with E-state index in [2.05, 4.69) is 31.2 Å². The lowest BCUT2D eigenvalue weighted by molar-refractivity contribution is 0.304.